The van der Waals surface area contributed by atoms with Gasteiger partial charge in [0, 0.05) is 11.7 Å². The molecule has 0 aromatic carbocycles. The minimum absolute atomic E-state index is 0.153. The maximum atomic E-state index is 11.3. The molecule has 1 atom stereocenters. The van der Waals surface area contributed by atoms with E-state index in [4.69, 9.17) is 11.0 Å². The number of fused-ring (bicyclic) bond motifs is 1. The second-order valence-corrected chi connectivity index (χ2v) is 3.63. The molecule has 1 aliphatic carbocycles. The molecule has 1 heterocycles. The Labute approximate surface area is 81.4 Å². The van der Waals surface area contributed by atoms with Crippen molar-refractivity contribution in [2.24, 2.45) is 5.73 Å². The average molecular weight is 189 g/mol. The zero-order valence-corrected chi connectivity index (χ0v) is 7.71. The first-order valence-electron chi connectivity index (χ1n) is 4.61. The van der Waals surface area contributed by atoms with Gasteiger partial charge in [0.25, 0.3) is 5.56 Å². The maximum Gasteiger partial charge on any atom is 0.266 e. The maximum absolute atomic E-state index is 11.3. The lowest BCUT2D eigenvalue weighted by molar-refractivity contribution is 0.565. The molecular formula is C10H11N3O. The highest BCUT2D eigenvalue weighted by molar-refractivity contribution is 5.34. The molecule has 4 nitrogen and oxygen atoms in total. The molecule has 0 radical (unpaired) electrons. The molecule has 2 rings (SSSR count). The van der Waals surface area contributed by atoms with E-state index in [0.717, 1.165) is 30.5 Å². The van der Waals surface area contributed by atoms with Gasteiger partial charge < -0.3 is 10.7 Å². The topological polar surface area (TPSA) is 82.7 Å². The van der Waals surface area contributed by atoms with Gasteiger partial charge in [-0.25, -0.2) is 0 Å². The third-order valence-electron chi connectivity index (χ3n) is 2.58. The minimum Gasteiger partial charge on any atom is -0.327 e. The number of nitriles is 1. The van der Waals surface area contributed by atoms with Gasteiger partial charge in [-0.15, -0.1) is 0 Å². The molecule has 0 aliphatic heterocycles. The van der Waals surface area contributed by atoms with Gasteiger partial charge in [0.15, 0.2) is 0 Å². The Morgan fingerprint density at radius 2 is 2.43 bits per heavy atom. The fourth-order valence-electron chi connectivity index (χ4n) is 1.81. The summed E-state index contributed by atoms with van der Waals surface area (Å²) in [4.78, 5) is 14.0. The van der Waals surface area contributed by atoms with Crippen LogP contribution in [0.2, 0.25) is 0 Å². The highest BCUT2D eigenvalue weighted by Crippen LogP contribution is 2.17. The molecule has 0 amide bonds. The number of H-pyrrole nitrogens is 1. The van der Waals surface area contributed by atoms with E-state index < -0.39 is 0 Å². The second-order valence-electron chi connectivity index (χ2n) is 3.63. The van der Waals surface area contributed by atoms with Crippen LogP contribution in [0.3, 0.4) is 0 Å². The zero-order valence-electron chi connectivity index (χ0n) is 7.71. The Morgan fingerprint density at radius 3 is 3.14 bits per heavy atom. The van der Waals surface area contributed by atoms with Gasteiger partial charge in [0.2, 0.25) is 0 Å². The number of aryl methyl sites for hydroxylation is 1. The highest BCUT2D eigenvalue weighted by atomic mass is 16.1. The summed E-state index contributed by atoms with van der Waals surface area (Å²) in [5, 5.41) is 8.68. The summed E-state index contributed by atoms with van der Waals surface area (Å²) in [5.74, 6) is 0. The van der Waals surface area contributed by atoms with Crippen LogP contribution in [0.1, 0.15) is 23.2 Å². The van der Waals surface area contributed by atoms with Crippen molar-refractivity contribution in [3.8, 4) is 6.07 Å². The Balaban J connectivity index is 2.53. The van der Waals surface area contributed by atoms with Crippen molar-refractivity contribution in [1.82, 2.24) is 4.98 Å². The van der Waals surface area contributed by atoms with Crippen LogP contribution < -0.4 is 11.3 Å². The number of nitrogens with zero attached hydrogens (tertiary/aromatic N) is 1. The van der Waals surface area contributed by atoms with Crippen molar-refractivity contribution >= 4 is 0 Å². The van der Waals surface area contributed by atoms with Crippen LogP contribution in [-0.4, -0.2) is 11.0 Å². The van der Waals surface area contributed by atoms with E-state index in [9.17, 15) is 4.79 Å². The normalized spacial score (nSPS) is 19.9. The lowest BCUT2D eigenvalue weighted by atomic mass is 9.92. The van der Waals surface area contributed by atoms with Crippen molar-refractivity contribution in [2.45, 2.75) is 25.3 Å². The Morgan fingerprint density at radius 1 is 1.64 bits per heavy atom. The average Bonchev–Trinajstić information content (AvgIpc) is 2.17. The van der Waals surface area contributed by atoms with Gasteiger partial charge in [0.05, 0.1) is 0 Å². The minimum atomic E-state index is -0.290. The molecule has 0 bridgehead atoms. The van der Waals surface area contributed by atoms with E-state index in [2.05, 4.69) is 4.98 Å². The van der Waals surface area contributed by atoms with Gasteiger partial charge in [0.1, 0.15) is 11.6 Å². The van der Waals surface area contributed by atoms with E-state index in [-0.39, 0.29) is 17.2 Å². The number of pyridine rings is 1. The van der Waals surface area contributed by atoms with Crippen molar-refractivity contribution in [3.05, 3.63) is 33.2 Å². The quantitative estimate of drug-likeness (QED) is 0.605. The molecule has 0 saturated heterocycles. The van der Waals surface area contributed by atoms with Crippen LogP contribution in [0.4, 0.5) is 0 Å². The Bertz CT molecular complexity index is 455. The summed E-state index contributed by atoms with van der Waals surface area (Å²) in [7, 11) is 0. The molecule has 72 valence electrons. The van der Waals surface area contributed by atoms with E-state index >= 15 is 0 Å². The van der Waals surface area contributed by atoms with E-state index in [1.165, 1.54) is 0 Å². The summed E-state index contributed by atoms with van der Waals surface area (Å²) < 4.78 is 0. The number of aromatic amines is 1. The number of hydrogen-bond acceptors (Lipinski definition) is 3. The molecule has 0 fully saturated rings. The van der Waals surface area contributed by atoms with Gasteiger partial charge in [-0.05, 0) is 30.9 Å². The van der Waals surface area contributed by atoms with Crippen molar-refractivity contribution < 1.29 is 0 Å². The summed E-state index contributed by atoms with van der Waals surface area (Å²) in [5.41, 5.74) is 7.65. The summed E-state index contributed by atoms with van der Waals surface area (Å²) in [6.07, 6.45) is 2.45. The predicted molar refractivity (Wildman–Crippen MR) is 51.8 cm³/mol. The predicted octanol–water partition coefficient (Wildman–Crippen LogP) is 0.0626. The molecule has 14 heavy (non-hydrogen) atoms. The monoisotopic (exact) mass is 189 g/mol. The van der Waals surface area contributed by atoms with E-state index in [1.54, 1.807) is 6.07 Å². The van der Waals surface area contributed by atoms with E-state index in [0.29, 0.717) is 0 Å². The second kappa shape index (κ2) is 3.28. The first-order chi connectivity index (χ1) is 6.70. The lowest BCUT2D eigenvalue weighted by Crippen LogP contribution is -2.30. The molecule has 1 aliphatic rings. The van der Waals surface area contributed by atoms with Crippen molar-refractivity contribution in [3.63, 3.8) is 0 Å². The van der Waals surface area contributed by atoms with Gasteiger partial charge >= 0.3 is 0 Å². The van der Waals surface area contributed by atoms with Crippen molar-refractivity contribution in [2.75, 3.05) is 0 Å². The smallest absolute Gasteiger partial charge is 0.266 e. The van der Waals surface area contributed by atoms with Crippen molar-refractivity contribution in [1.29, 1.82) is 5.26 Å². The van der Waals surface area contributed by atoms with Gasteiger partial charge in [-0.1, -0.05) is 0 Å². The molecule has 1 aromatic heterocycles. The molecule has 0 saturated carbocycles. The van der Waals surface area contributed by atoms with Crippen LogP contribution in [0.25, 0.3) is 0 Å². The molecule has 3 N–H and O–H groups in total. The Kier molecular flexibility index (Phi) is 2.10. The fraction of sp³-hybridized carbons (Fsp3) is 0.400. The molecular weight excluding hydrogens is 178 g/mol. The lowest BCUT2D eigenvalue weighted by Gasteiger charge is -2.20. The highest BCUT2D eigenvalue weighted by Gasteiger charge is 2.17. The first kappa shape index (κ1) is 8.97. The van der Waals surface area contributed by atoms with Crippen LogP contribution in [0.15, 0.2) is 10.9 Å². The zero-order chi connectivity index (χ0) is 10.1. The van der Waals surface area contributed by atoms with Crippen LogP contribution >= 0.6 is 0 Å². The standard InChI is InChI=1S/C10H11N3O/c11-5-7-3-6-4-8(12)1-2-9(6)13-10(7)14/h3,8H,1-2,4,12H2,(H,13,14)/t8-/m1/s1. The van der Waals surface area contributed by atoms with Crippen LogP contribution in [-0.2, 0) is 12.8 Å². The third kappa shape index (κ3) is 1.42. The van der Waals surface area contributed by atoms with Gasteiger partial charge in [-0.3, -0.25) is 4.79 Å². The first-order valence-corrected chi connectivity index (χ1v) is 4.61. The van der Waals surface area contributed by atoms with E-state index in [1.807, 2.05) is 6.07 Å². The number of nitrogens with two attached hydrogens (primary N) is 1. The molecule has 0 unspecified atom stereocenters. The molecule has 0 spiro atoms. The number of aromatic nitrogens is 1. The Hall–Kier alpha value is -1.60. The largest absolute Gasteiger partial charge is 0.327 e. The summed E-state index contributed by atoms with van der Waals surface area (Å²) in [6, 6.07) is 3.69. The number of hydrogen-bond donors (Lipinski definition) is 2. The number of rotatable bonds is 0. The van der Waals surface area contributed by atoms with Crippen LogP contribution in [0, 0.1) is 11.3 Å². The fourth-order valence-corrected chi connectivity index (χ4v) is 1.81. The summed E-state index contributed by atoms with van der Waals surface area (Å²) >= 11 is 0. The third-order valence-corrected chi connectivity index (χ3v) is 2.58. The van der Waals surface area contributed by atoms with Gasteiger partial charge in [-0.2, -0.15) is 5.26 Å². The van der Waals surface area contributed by atoms with Crippen LogP contribution in [0.5, 0.6) is 0 Å². The molecule has 4 heteroatoms. The SMILES string of the molecule is N#Cc1cc2c([nH]c1=O)CC[C@@H](N)C2. The number of nitrogens with one attached hydrogen (secondary N) is 1. The molecule has 1 aromatic rings. The summed E-state index contributed by atoms with van der Waals surface area (Å²) in [6.45, 7) is 0.